The average Bonchev–Trinajstić information content (AvgIpc) is 2.87. The number of rotatable bonds is 7. The van der Waals surface area contributed by atoms with Gasteiger partial charge in [-0.2, -0.15) is 23.8 Å². The Labute approximate surface area is 215 Å². The van der Waals surface area contributed by atoms with Crippen LogP contribution in [0.5, 0.6) is 11.5 Å². The number of anilines is 1. The maximum absolute atomic E-state index is 11.4. The molecule has 6 N–H and O–H groups in total. The van der Waals surface area contributed by atoms with Crippen molar-refractivity contribution in [3.8, 4) is 22.6 Å². The lowest BCUT2D eigenvalue weighted by molar-refractivity contribution is 0.0693. The number of hydrogen-bond donors (Lipinski definition) is 5. The first-order chi connectivity index (χ1) is 18.0. The normalized spacial score (nSPS) is 11.8. The lowest BCUT2D eigenvalue weighted by Gasteiger charge is -2.05. The largest absolute Gasteiger partial charge is 0.507 e. The van der Waals surface area contributed by atoms with E-state index >= 15 is 0 Å². The lowest BCUT2D eigenvalue weighted by Crippen LogP contribution is -2.02. The van der Waals surface area contributed by atoms with Gasteiger partial charge in [0.05, 0.1) is 22.7 Å². The molecule has 0 aliphatic heterocycles. The number of azo groups is 2. The van der Waals surface area contributed by atoms with E-state index < -0.39 is 26.7 Å². The third-order valence-corrected chi connectivity index (χ3v) is 6.13. The number of nitrogens with two attached hydrogens (primary N) is 1. The molecule has 4 rings (SSSR count). The molecular weight excluding hydrogens is 514 g/mol. The summed E-state index contributed by atoms with van der Waals surface area (Å²) in [5.41, 5.74) is 7.66. The van der Waals surface area contributed by atoms with Gasteiger partial charge in [-0.25, -0.2) is 4.79 Å². The zero-order valence-electron chi connectivity index (χ0n) is 19.3. The van der Waals surface area contributed by atoms with Crippen LogP contribution in [0.15, 0.2) is 104 Å². The number of carbonyl (C=O) groups is 1. The Morgan fingerprint density at radius 1 is 0.684 bits per heavy atom. The number of nitrogens with zero attached hydrogens (tertiary/aromatic N) is 4. The van der Waals surface area contributed by atoms with Crippen molar-refractivity contribution >= 4 is 44.5 Å². The minimum Gasteiger partial charge on any atom is -0.507 e. The Balaban J connectivity index is 1.47. The number of carboxylic acid groups (broad SMARTS) is 1. The predicted octanol–water partition coefficient (Wildman–Crippen LogP) is 6.12. The number of carboxylic acids is 1. The molecular formula is C25H19N5O7S. The molecule has 0 heterocycles. The van der Waals surface area contributed by atoms with Crippen LogP contribution in [0.1, 0.15) is 10.4 Å². The molecule has 0 aliphatic carbocycles. The van der Waals surface area contributed by atoms with Gasteiger partial charge in [-0.1, -0.05) is 24.3 Å². The highest BCUT2D eigenvalue weighted by Crippen LogP contribution is 2.35. The molecule has 192 valence electrons. The van der Waals surface area contributed by atoms with Crippen molar-refractivity contribution in [2.24, 2.45) is 20.5 Å². The van der Waals surface area contributed by atoms with Gasteiger partial charge in [-0.15, -0.1) is 5.11 Å². The first kappa shape index (κ1) is 25.9. The van der Waals surface area contributed by atoms with Gasteiger partial charge in [0.15, 0.2) is 0 Å². The van der Waals surface area contributed by atoms with E-state index in [9.17, 15) is 28.0 Å². The van der Waals surface area contributed by atoms with Gasteiger partial charge in [0.1, 0.15) is 27.6 Å². The third kappa shape index (κ3) is 5.98. The number of phenolic OH excluding ortho intramolecular Hbond substituents is 1. The Hall–Kier alpha value is -5.14. The zero-order valence-corrected chi connectivity index (χ0v) is 20.1. The number of phenols is 2. The fourth-order valence-corrected chi connectivity index (χ4v) is 3.92. The summed E-state index contributed by atoms with van der Waals surface area (Å²) in [6.45, 7) is 0. The van der Waals surface area contributed by atoms with E-state index in [1.54, 1.807) is 36.4 Å². The first-order valence-electron chi connectivity index (χ1n) is 10.7. The summed E-state index contributed by atoms with van der Waals surface area (Å²) in [5.74, 6) is -2.03. The Morgan fingerprint density at radius 3 is 1.71 bits per heavy atom. The van der Waals surface area contributed by atoms with Crippen LogP contribution in [-0.2, 0) is 10.1 Å². The van der Waals surface area contributed by atoms with E-state index in [1.807, 2.05) is 12.1 Å². The van der Waals surface area contributed by atoms with Crippen LogP contribution in [0.25, 0.3) is 11.1 Å². The monoisotopic (exact) mass is 533 g/mol. The molecule has 0 aliphatic rings. The van der Waals surface area contributed by atoms with E-state index in [2.05, 4.69) is 20.5 Å². The summed E-state index contributed by atoms with van der Waals surface area (Å²) in [6.07, 6.45) is 0. The third-order valence-electron chi connectivity index (χ3n) is 5.22. The standard InChI is InChI=1S/C25H19N5O7S/c26-20-12-23(32)21(13-24(20)38(35,36)37)30-28-17-7-3-15(4-8-17)14-1-5-16(6-2-14)27-29-18-9-10-22(31)19(11-18)25(33)34/h1-13,31-32H,26H2,(H,33,34)(H,35,36,37). The van der Waals surface area contributed by atoms with Gasteiger partial charge < -0.3 is 21.1 Å². The summed E-state index contributed by atoms with van der Waals surface area (Å²) in [5, 5.41) is 44.5. The fourth-order valence-electron chi connectivity index (χ4n) is 3.30. The summed E-state index contributed by atoms with van der Waals surface area (Å²) in [4.78, 5) is 10.5. The van der Waals surface area contributed by atoms with Crippen LogP contribution in [0.3, 0.4) is 0 Å². The summed E-state index contributed by atoms with van der Waals surface area (Å²) in [6, 6.07) is 19.7. The Morgan fingerprint density at radius 2 is 1.18 bits per heavy atom. The van der Waals surface area contributed by atoms with E-state index in [-0.39, 0.29) is 28.4 Å². The highest BCUT2D eigenvalue weighted by Gasteiger charge is 2.17. The van der Waals surface area contributed by atoms with Gasteiger partial charge in [0.25, 0.3) is 10.1 Å². The zero-order chi connectivity index (χ0) is 27.4. The SMILES string of the molecule is Nc1cc(O)c(N=Nc2ccc(-c3ccc(N=Nc4ccc(O)c(C(=O)O)c4)cc3)cc2)cc1S(=O)(=O)O. The van der Waals surface area contributed by atoms with Gasteiger partial charge in [-0.05, 0) is 59.7 Å². The topological polar surface area (TPSA) is 208 Å². The number of hydrogen-bond acceptors (Lipinski definition) is 10. The van der Waals surface area contributed by atoms with Gasteiger partial charge in [0, 0.05) is 6.07 Å². The van der Waals surface area contributed by atoms with E-state index in [0.717, 1.165) is 23.3 Å². The van der Waals surface area contributed by atoms with E-state index in [0.29, 0.717) is 11.4 Å². The second-order valence-corrected chi connectivity index (χ2v) is 9.24. The van der Waals surface area contributed by atoms with Gasteiger partial charge in [-0.3, -0.25) is 4.55 Å². The molecule has 0 atom stereocenters. The second-order valence-electron chi connectivity index (χ2n) is 7.85. The summed E-state index contributed by atoms with van der Waals surface area (Å²) in [7, 11) is -4.60. The van der Waals surface area contributed by atoms with Crippen LogP contribution in [0.2, 0.25) is 0 Å². The molecule has 0 amide bonds. The number of benzene rings is 4. The summed E-state index contributed by atoms with van der Waals surface area (Å²) < 4.78 is 32.1. The predicted molar refractivity (Wildman–Crippen MR) is 138 cm³/mol. The second kappa shape index (κ2) is 10.5. The quantitative estimate of drug-likeness (QED) is 0.106. The molecule has 12 nitrogen and oxygen atoms in total. The molecule has 0 radical (unpaired) electrons. The van der Waals surface area contributed by atoms with Crippen LogP contribution in [-0.4, -0.2) is 34.3 Å². The maximum Gasteiger partial charge on any atom is 0.339 e. The van der Waals surface area contributed by atoms with Gasteiger partial charge >= 0.3 is 5.97 Å². The van der Waals surface area contributed by atoms with Gasteiger partial charge in [0.2, 0.25) is 0 Å². The molecule has 0 spiro atoms. The van der Waals surface area contributed by atoms with Crippen LogP contribution in [0, 0.1) is 0 Å². The lowest BCUT2D eigenvalue weighted by atomic mass is 10.1. The van der Waals surface area contributed by atoms with Crippen molar-refractivity contribution in [1.29, 1.82) is 0 Å². The molecule has 0 bridgehead atoms. The van der Waals surface area contributed by atoms with E-state index in [4.69, 9.17) is 10.8 Å². The molecule has 38 heavy (non-hydrogen) atoms. The van der Waals surface area contributed by atoms with Crippen molar-refractivity contribution in [2.45, 2.75) is 4.90 Å². The smallest absolute Gasteiger partial charge is 0.339 e. The maximum atomic E-state index is 11.4. The average molecular weight is 534 g/mol. The Bertz CT molecular complexity index is 1680. The van der Waals surface area contributed by atoms with Crippen LogP contribution >= 0.6 is 0 Å². The number of nitrogen functional groups attached to an aromatic ring is 1. The molecule has 0 fully saturated rings. The van der Waals surface area contributed by atoms with Crippen molar-refractivity contribution in [3.63, 3.8) is 0 Å². The highest BCUT2D eigenvalue weighted by atomic mass is 32.2. The molecule has 4 aromatic carbocycles. The fraction of sp³-hybridized carbons (Fsp3) is 0. The van der Waals surface area contributed by atoms with Crippen molar-refractivity contribution in [2.75, 3.05) is 5.73 Å². The summed E-state index contributed by atoms with van der Waals surface area (Å²) >= 11 is 0. The molecule has 0 saturated heterocycles. The van der Waals surface area contributed by atoms with Crippen molar-refractivity contribution < 1.29 is 33.1 Å². The molecule has 0 saturated carbocycles. The van der Waals surface area contributed by atoms with Crippen LogP contribution < -0.4 is 5.73 Å². The molecule has 0 aromatic heterocycles. The number of aromatic hydroxyl groups is 2. The molecule has 0 unspecified atom stereocenters. The van der Waals surface area contributed by atoms with Crippen molar-refractivity contribution in [3.05, 3.63) is 84.4 Å². The minimum atomic E-state index is -4.60. The Kier molecular flexibility index (Phi) is 7.14. The van der Waals surface area contributed by atoms with Crippen LogP contribution in [0.4, 0.5) is 28.4 Å². The number of aromatic carboxylic acids is 1. The van der Waals surface area contributed by atoms with Crippen molar-refractivity contribution in [1.82, 2.24) is 0 Å². The minimum absolute atomic E-state index is 0.188. The van der Waals surface area contributed by atoms with E-state index in [1.165, 1.54) is 18.2 Å². The first-order valence-corrected chi connectivity index (χ1v) is 12.2. The molecule has 4 aromatic rings. The highest BCUT2D eigenvalue weighted by molar-refractivity contribution is 7.86. The molecule has 13 heteroatoms.